The zero-order chi connectivity index (χ0) is 23.4. The molecule has 176 valence electrons. The molecule has 4 atom stereocenters. The highest BCUT2D eigenvalue weighted by molar-refractivity contribution is 5.39. The van der Waals surface area contributed by atoms with Crippen molar-refractivity contribution in [2.45, 2.75) is 30.8 Å². The molecule has 2 aromatic rings. The van der Waals surface area contributed by atoms with E-state index in [1.807, 2.05) is 36.4 Å². The average Bonchev–Trinajstić information content (AvgIpc) is 3.43. The van der Waals surface area contributed by atoms with Gasteiger partial charge in [0.2, 0.25) is 0 Å². The van der Waals surface area contributed by atoms with Crippen LogP contribution in [0.3, 0.4) is 0 Å². The fourth-order valence-electron chi connectivity index (χ4n) is 4.71. The predicted molar refractivity (Wildman–Crippen MR) is 123 cm³/mol. The van der Waals surface area contributed by atoms with Gasteiger partial charge in [-0.1, -0.05) is 30.3 Å². The third kappa shape index (κ3) is 5.03. The quantitative estimate of drug-likeness (QED) is 0.386. The third-order valence-corrected chi connectivity index (χ3v) is 6.53. The van der Waals surface area contributed by atoms with Gasteiger partial charge in [-0.25, -0.2) is 0 Å². The van der Waals surface area contributed by atoms with E-state index >= 15 is 0 Å². The van der Waals surface area contributed by atoms with Crippen LogP contribution >= 0.6 is 0 Å². The maximum absolute atomic E-state index is 10.9. The van der Waals surface area contributed by atoms with Crippen LogP contribution in [0.15, 0.2) is 60.7 Å². The Morgan fingerprint density at radius 1 is 1.12 bits per heavy atom. The van der Waals surface area contributed by atoms with Crippen molar-refractivity contribution in [3.05, 3.63) is 76.4 Å². The fourth-order valence-corrected chi connectivity index (χ4v) is 4.71. The van der Waals surface area contributed by atoms with Crippen molar-refractivity contribution >= 4 is 5.69 Å². The normalized spacial score (nSPS) is 28.2. The van der Waals surface area contributed by atoms with E-state index in [0.717, 1.165) is 30.0 Å². The SMILES string of the molecule is CN1CCC2C=CC3(CC21)OCC(c1cccc([N+](=O)[O-])c1)O3.COc1ccccc1OC. The number of ether oxygens (including phenoxy) is 4. The van der Waals surface area contributed by atoms with Gasteiger partial charge in [0.1, 0.15) is 6.10 Å². The average molecular weight is 455 g/mol. The van der Waals surface area contributed by atoms with Gasteiger partial charge in [0.25, 0.3) is 5.69 Å². The maximum Gasteiger partial charge on any atom is 0.269 e. The number of rotatable bonds is 4. The zero-order valence-corrected chi connectivity index (χ0v) is 19.2. The summed E-state index contributed by atoms with van der Waals surface area (Å²) in [5.74, 6) is 1.43. The molecule has 1 spiro atoms. The minimum Gasteiger partial charge on any atom is -0.493 e. The molecule has 0 radical (unpaired) electrons. The standard InChI is InChI=1S/C17H20N2O4.C8H10O2/c1-18-8-6-12-5-7-17(10-15(12)18)22-11-16(23-17)13-3-2-4-14(9-13)19(20)21;1-9-7-5-3-4-6-8(7)10-2/h2-5,7,9,12,15-16H,6,8,10-11H2,1H3;3-6H,1-2H3. The summed E-state index contributed by atoms with van der Waals surface area (Å²) in [6.07, 6.45) is 6.00. The number of nitrogens with zero attached hydrogens (tertiary/aromatic N) is 2. The van der Waals surface area contributed by atoms with Gasteiger partial charge in [0, 0.05) is 24.6 Å². The number of hydrogen-bond donors (Lipinski definition) is 0. The van der Waals surface area contributed by atoms with E-state index < -0.39 is 5.79 Å². The second-order valence-electron chi connectivity index (χ2n) is 8.50. The molecule has 2 saturated heterocycles. The maximum atomic E-state index is 10.9. The molecule has 0 amide bonds. The Morgan fingerprint density at radius 2 is 1.85 bits per heavy atom. The lowest BCUT2D eigenvalue weighted by Gasteiger charge is -2.36. The molecular formula is C25H30N2O6. The molecule has 8 nitrogen and oxygen atoms in total. The zero-order valence-electron chi connectivity index (χ0n) is 19.2. The van der Waals surface area contributed by atoms with E-state index in [0.29, 0.717) is 18.6 Å². The molecule has 0 saturated carbocycles. The van der Waals surface area contributed by atoms with E-state index in [2.05, 4.69) is 18.0 Å². The van der Waals surface area contributed by atoms with Gasteiger partial charge in [-0.05, 0) is 49.7 Å². The molecule has 5 rings (SSSR count). The van der Waals surface area contributed by atoms with Crippen LogP contribution in [0.25, 0.3) is 0 Å². The van der Waals surface area contributed by atoms with Gasteiger partial charge >= 0.3 is 0 Å². The summed E-state index contributed by atoms with van der Waals surface area (Å²) >= 11 is 0. The Balaban J connectivity index is 0.000000219. The molecule has 0 bridgehead atoms. The van der Waals surface area contributed by atoms with Crippen molar-refractivity contribution in [1.82, 2.24) is 4.90 Å². The number of nitro benzene ring substituents is 1. The summed E-state index contributed by atoms with van der Waals surface area (Å²) in [6.45, 7) is 1.52. The first kappa shape index (κ1) is 23.2. The molecule has 0 aromatic heterocycles. The van der Waals surface area contributed by atoms with Crippen LogP contribution in [0, 0.1) is 16.0 Å². The van der Waals surface area contributed by atoms with Crippen LogP contribution in [0.5, 0.6) is 11.5 Å². The Labute approximate surface area is 193 Å². The molecule has 3 aliphatic rings. The molecule has 2 fully saturated rings. The first-order valence-electron chi connectivity index (χ1n) is 11.1. The minimum atomic E-state index is -0.685. The van der Waals surface area contributed by atoms with Crippen molar-refractivity contribution in [3.63, 3.8) is 0 Å². The van der Waals surface area contributed by atoms with Crippen molar-refractivity contribution in [2.24, 2.45) is 5.92 Å². The van der Waals surface area contributed by atoms with Gasteiger partial charge in [0.05, 0.1) is 25.7 Å². The van der Waals surface area contributed by atoms with Crippen LogP contribution < -0.4 is 9.47 Å². The Bertz CT molecular complexity index is 989. The third-order valence-electron chi connectivity index (χ3n) is 6.53. The van der Waals surface area contributed by atoms with E-state index in [4.69, 9.17) is 18.9 Å². The predicted octanol–water partition coefficient (Wildman–Crippen LogP) is 4.36. The number of methoxy groups -OCH3 is 2. The lowest BCUT2D eigenvalue weighted by molar-refractivity contribution is -0.385. The van der Waals surface area contributed by atoms with Crippen LogP contribution in [-0.2, 0) is 9.47 Å². The Hall–Kier alpha value is -2.94. The highest BCUT2D eigenvalue weighted by atomic mass is 16.7. The van der Waals surface area contributed by atoms with Gasteiger partial charge in [-0.2, -0.15) is 0 Å². The molecular weight excluding hydrogens is 424 g/mol. The summed E-state index contributed by atoms with van der Waals surface area (Å²) in [4.78, 5) is 12.9. The van der Waals surface area contributed by atoms with E-state index in [1.54, 1.807) is 26.4 Å². The number of nitro groups is 1. The number of benzene rings is 2. The summed E-state index contributed by atoms with van der Waals surface area (Å²) in [5, 5.41) is 10.9. The number of hydrogen-bond acceptors (Lipinski definition) is 7. The molecule has 4 unspecified atom stereocenters. The van der Waals surface area contributed by atoms with Crippen LogP contribution in [0.1, 0.15) is 24.5 Å². The lowest BCUT2D eigenvalue weighted by Crippen LogP contribution is -2.42. The number of fused-ring (bicyclic) bond motifs is 1. The van der Waals surface area contributed by atoms with Gasteiger partial charge in [-0.3, -0.25) is 10.1 Å². The smallest absolute Gasteiger partial charge is 0.269 e. The van der Waals surface area contributed by atoms with Crippen LogP contribution in [0.4, 0.5) is 5.69 Å². The second-order valence-corrected chi connectivity index (χ2v) is 8.50. The Morgan fingerprint density at radius 3 is 2.52 bits per heavy atom. The molecule has 1 aliphatic carbocycles. The highest BCUT2D eigenvalue weighted by Gasteiger charge is 2.48. The van der Waals surface area contributed by atoms with E-state index in [-0.39, 0.29) is 16.7 Å². The van der Waals surface area contributed by atoms with Crippen molar-refractivity contribution < 1.29 is 23.9 Å². The van der Waals surface area contributed by atoms with Crippen LogP contribution in [-0.4, -0.2) is 56.1 Å². The lowest BCUT2D eigenvalue weighted by atomic mass is 9.87. The van der Waals surface area contributed by atoms with Crippen molar-refractivity contribution in [2.75, 3.05) is 34.4 Å². The number of para-hydroxylation sites is 2. The van der Waals surface area contributed by atoms with Crippen molar-refractivity contribution in [1.29, 1.82) is 0 Å². The molecule has 33 heavy (non-hydrogen) atoms. The highest BCUT2D eigenvalue weighted by Crippen LogP contribution is 2.44. The first-order chi connectivity index (χ1) is 15.9. The van der Waals surface area contributed by atoms with Gasteiger partial charge in [0.15, 0.2) is 17.3 Å². The monoisotopic (exact) mass is 454 g/mol. The summed E-state index contributed by atoms with van der Waals surface area (Å²) in [5.41, 5.74) is 0.883. The van der Waals surface area contributed by atoms with Crippen molar-refractivity contribution in [3.8, 4) is 11.5 Å². The van der Waals surface area contributed by atoms with Gasteiger partial charge < -0.3 is 23.8 Å². The van der Waals surface area contributed by atoms with Gasteiger partial charge in [-0.15, -0.1) is 0 Å². The molecule has 2 aliphatic heterocycles. The molecule has 8 heteroatoms. The minimum absolute atomic E-state index is 0.0850. The summed E-state index contributed by atoms with van der Waals surface area (Å²) < 4.78 is 22.2. The van der Waals surface area contributed by atoms with Crippen LogP contribution in [0.2, 0.25) is 0 Å². The first-order valence-corrected chi connectivity index (χ1v) is 11.1. The summed E-state index contributed by atoms with van der Waals surface area (Å²) in [7, 11) is 5.39. The van der Waals surface area contributed by atoms with E-state index in [1.165, 1.54) is 12.5 Å². The summed E-state index contributed by atoms with van der Waals surface area (Å²) in [6, 6.07) is 14.6. The Kier molecular flexibility index (Phi) is 6.97. The molecule has 0 N–H and O–H groups in total. The molecule has 2 heterocycles. The number of non-ortho nitro benzene ring substituents is 1. The fraction of sp³-hybridized carbons (Fsp3) is 0.440. The largest absolute Gasteiger partial charge is 0.493 e. The number of likely N-dealkylation sites (tertiary alicyclic amines) is 1. The topological polar surface area (TPSA) is 83.3 Å². The second kappa shape index (κ2) is 9.91. The van der Waals surface area contributed by atoms with E-state index in [9.17, 15) is 10.1 Å². The molecule has 2 aromatic carbocycles.